The summed E-state index contributed by atoms with van der Waals surface area (Å²) in [4.78, 5) is 11.9. The van der Waals surface area contributed by atoms with E-state index in [4.69, 9.17) is 9.47 Å². The second-order valence-electron chi connectivity index (χ2n) is 4.10. The van der Waals surface area contributed by atoms with Crippen LogP contribution in [0, 0.1) is 0 Å². The van der Waals surface area contributed by atoms with Gasteiger partial charge in [0.2, 0.25) is 0 Å². The zero-order chi connectivity index (χ0) is 11.8. The molecule has 3 heteroatoms. The van der Waals surface area contributed by atoms with Crippen LogP contribution in [0.25, 0.3) is 5.57 Å². The third-order valence-corrected chi connectivity index (χ3v) is 3.08. The van der Waals surface area contributed by atoms with E-state index in [-0.39, 0.29) is 12.1 Å². The predicted molar refractivity (Wildman–Crippen MR) is 63.6 cm³/mol. The van der Waals surface area contributed by atoms with Crippen molar-refractivity contribution in [2.24, 2.45) is 0 Å². The lowest BCUT2D eigenvalue weighted by Gasteiger charge is -2.19. The zero-order valence-electron chi connectivity index (χ0n) is 9.31. The number of hydrogen-bond acceptors (Lipinski definition) is 3. The van der Waals surface area contributed by atoms with Crippen LogP contribution < -0.4 is 4.74 Å². The van der Waals surface area contributed by atoms with Crippen LogP contribution >= 0.6 is 0 Å². The maximum atomic E-state index is 11.9. The van der Waals surface area contributed by atoms with Gasteiger partial charge in [-0.05, 0) is 6.07 Å². The first-order valence-electron chi connectivity index (χ1n) is 5.58. The molecule has 2 heterocycles. The third-order valence-electron chi connectivity index (χ3n) is 3.08. The highest BCUT2D eigenvalue weighted by Crippen LogP contribution is 2.40. The Hall–Kier alpha value is -2.03. The molecule has 1 aromatic carbocycles. The molecule has 0 spiro atoms. The summed E-state index contributed by atoms with van der Waals surface area (Å²) in [6.45, 7) is 4.10. The molecule has 0 saturated carbocycles. The van der Waals surface area contributed by atoms with Crippen molar-refractivity contribution in [3.8, 4) is 5.75 Å². The average Bonchev–Trinajstić information content (AvgIpc) is 2.67. The summed E-state index contributed by atoms with van der Waals surface area (Å²) in [6, 6.07) is 7.55. The van der Waals surface area contributed by atoms with E-state index >= 15 is 0 Å². The fourth-order valence-electron chi connectivity index (χ4n) is 2.30. The third kappa shape index (κ3) is 1.46. The summed E-state index contributed by atoms with van der Waals surface area (Å²) in [5, 5.41) is 0. The summed E-state index contributed by atoms with van der Waals surface area (Å²) in [7, 11) is 0. The van der Waals surface area contributed by atoms with Crippen molar-refractivity contribution in [1.82, 2.24) is 0 Å². The molecule has 0 fully saturated rings. The van der Waals surface area contributed by atoms with E-state index in [0.29, 0.717) is 18.6 Å². The maximum Gasteiger partial charge on any atom is 0.339 e. The highest BCUT2D eigenvalue weighted by atomic mass is 16.6. The number of fused-ring (bicyclic) bond motifs is 2. The Balaban J connectivity index is 2.11. The smallest absolute Gasteiger partial charge is 0.339 e. The average molecular weight is 228 g/mol. The summed E-state index contributed by atoms with van der Waals surface area (Å²) in [5.41, 5.74) is 2.46. The SMILES string of the molecule is C=CCC1OC(=O)C2=C1COc1ccccc12. The molecule has 2 aliphatic rings. The first-order chi connectivity index (χ1) is 8.31. The molecular weight excluding hydrogens is 216 g/mol. The Morgan fingerprint density at radius 1 is 1.41 bits per heavy atom. The first-order valence-corrected chi connectivity index (χ1v) is 5.58. The van der Waals surface area contributed by atoms with Crippen LogP contribution in [0.2, 0.25) is 0 Å². The molecule has 0 radical (unpaired) electrons. The van der Waals surface area contributed by atoms with E-state index in [0.717, 1.165) is 16.9 Å². The highest BCUT2D eigenvalue weighted by Gasteiger charge is 2.37. The van der Waals surface area contributed by atoms with Gasteiger partial charge in [0.15, 0.2) is 0 Å². The van der Waals surface area contributed by atoms with E-state index in [1.54, 1.807) is 6.08 Å². The Morgan fingerprint density at radius 2 is 2.24 bits per heavy atom. The fourth-order valence-corrected chi connectivity index (χ4v) is 2.30. The lowest BCUT2D eigenvalue weighted by atomic mass is 9.95. The molecule has 0 aromatic heterocycles. The van der Waals surface area contributed by atoms with Gasteiger partial charge in [0.25, 0.3) is 0 Å². The first kappa shape index (κ1) is 10.1. The predicted octanol–water partition coefficient (Wildman–Crippen LogP) is 2.33. The van der Waals surface area contributed by atoms with Gasteiger partial charge in [-0.3, -0.25) is 0 Å². The Labute approximate surface area is 99.3 Å². The molecular formula is C14H12O3. The topological polar surface area (TPSA) is 35.5 Å². The second kappa shape index (κ2) is 3.77. The molecule has 0 saturated heterocycles. The summed E-state index contributed by atoms with van der Waals surface area (Å²) < 4.78 is 11.0. The molecule has 0 amide bonds. The van der Waals surface area contributed by atoms with Gasteiger partial charge in [0, 0.05) is 17.6 Å². The number of benzene rings is 1. The largest absolute Gasteiger partial charge is 0.488 e. The number of rotatable bonds is 2. The molecule has 0 bridgehead atoms. The summed E-state index contributed by atoms with van der Waals surface area (Å²) >= 11 is 0. The number of carbonyl (C=O) groups excluding carboxylic acids is 1. The minimum atomic E-state index is -0.248. The van der Waals surface area contributed by atoms with Gasteiger partial charge in [0.1, 0.15) is 18.5 Å². The quantitative estimate of drug-likeness (QED) is 0.575. The number of carbonyl (C=O) groups is 1. The monoisotopic (exact) mass is 228 g/mol. The van der Waals surface area contributed by atoms with E-state index in [9.17, 15) is 4.79 Å². The molecule has 3 rings (SSSR count). The van der Waals surface area contributed by atoms with Gasteiger partial charge in [-0.2, -0.15) is 0 Å². The lowest BCUT2D eigenvalue weighted by molar-refractivity contribution is -0.137. The van der Waals surface area contributed by atoms with Gasteiger partial charge in [0.05, 0.1) is 5.57 Å². The summed E-state index contributed by atoms with van der Waals surface area (Å²) in [6.07, 6.45) is 2.19. The van der Waals surface area contributed by atoms with E-state index in [1.807, 2.05) is 24.3 Å². The van der Waals surface area contributed by atoms with Crippen molar-refractivity contribution in [3.63, 3.8) is 0 Å². The molecule has 1 aromatic rings. The van der Waals surface area contributed by atoms with Crippen LogP contribution in [0.15, 0.2) is 42.5 Å². The number of para-hydroxylation sites is 1. The van der Waals surface area contributed by atoms with Crippen LogP contribution in [-0.2, 0) is 9.53 Å². The Morgan fingerprint density at radius 3 is 3.06 bits per heavy atom. The maximum absolute atomic E-state index is 11.9. The van der Waals surface area contributed by atoms with Crippen LogP contribution in [0.1, 0.15) is 12.0 Å². The number of esters is 1. The van der Waals surface area contributed by atoms with Gasteiger partial charge >= 0.3 is 5.97 Å². The molecule has 17 heavy (non-hydrogen) atoms. The highest BCUT2D eigenvalue weighted by molar-refractivity contribution is 6.20. The number of hydrogen-bond donors (Lipinski definition) is 0. The van der Waals surface area contributed by atoms with Crippen LogP contribution in [0.4, 0.5) is 0 Å². The molecule has 0 aliphatic carbocycles. The lowest BCUT2D eigenvalue weighted by Crippen LogP contribution is -2.17. The molecule has 2 aliphatic heterocycles. The minimum Gasteiger partial charge on any atom is -0.488 e. The molecule has 3 nitrogen and oxygen atoms in total. The van der Waals surface area contributed by atoms with Crippen molar-refractivity contribution >= 4 is 11.5 Å². The van der Waals surface area contributed by atoms with Crippen molar-refractivity contribution < 1.29 is 14.3 Å². The van der Waals surface area contributed by atoms with Crippen molar-refractivity contribution in [1.29, 1.82) is 0 Å². The summed E-state index contributed by atoms with van der Waals surface area (Å²) in [5.74, 6) is 0.505. The van der Waals surface area contributed by atoms with Gasteiger partial charge in [-0.15, -0.1) is 6.58 Å². The van der Waals surface area contributed by atoms with Gasteiger partial charge < -0.3 is 9.47 Å². The Bertz CT molecular complexity index is 528. The van der Waals surface area contributed by atoms with E-state index in [2.05, 4.69) is 6.58 Å². The standard InChI is InChI=1S/C14H12O3/c1-2-5-12-10-8-16-11-7-4-3-6-9(11)13(10)14(15)17-12/h2-4,6-7,12H,1,5,8H2. The fraction of sp³-hybridized carbons (Fsp3) is 0.214. The zero-order valence-corrected chi connectivity index (χ0v) is 9.31. The molecule has 1 unspecified atom stereocenters. The van der Waals surface area contributed by atoms with Crippen molar-refractivity contribution in [2.75, 3.05) is 6.61 Å². The second-order valence-corrected chi connectivity index (χ2v) is 4.10. The number of cyclic esters (lactones) is 1. The van der Waals surface area contributed by atoms with Crippen molar-refractivity contribution in [2.45, 2.75) is 12.5 Å². The van der Waals surface area contributed by atoms with Crippen molar-refractivity contribution in [3.05, 3.63) is 48.1 Å². The van der Waals surface area contributed by atoms with Crippen LogP contribution in [0.5, 0.6) is 5.75 Å². The molecule has 86 valence electrons. The van der Waals surface area contributed by atoms with Gasteiger partial charge in [-0.1, -0.05) is 24.3 Å². The molecule has 1 atom stereocenters. The Kier molecular flexibility index (Phi) is 2.25. The minimum absolute atomic E-state index is 0.205. The molecule has 0 N–H and O–H groups in total. The van der Waals surface area contributed by atoms with E-state index < -0.39 is 0 Å². The normalized spacial score (nSPS) is 21.4. The number of ether oxygens (including phenoxy) is 2. The van der Waals surface area contributed by atoms with Crippen LogP contribution in [0.3, 0.4) is 0 Å². The van der Waals surface area contributed by atoms with E-state index in [1.165, 1.54) is 0 Å². The van der Waals surface area contributed by atoms with Gasteiger partial charge in [-0.25, -0.2) is 4.79 Å². The van der Waals surface area contributed by atoms with Crippen LogP contribution in [-0.4, -0.2) is 18.7 Å².